The zero-order chi connectivity index (χ0) is 22.4. The van der Waals surface area contributed by atoms with Crippen LogP contribution in [0.3, 0.4) is 0 Å². The quantitative estimate of drug-likeness (QED) is 0.616. The zero-order valence-electron chi connectivity index (χ0n) is 17.5. The summed E-state index contributed by atoms with van der Waals surface area (Å²) in [5.41, 5.74) is 0.771. The summed E-state index contributed by atoms with van der Waals surface area (Å²) in [6.45, 7) is 6.45. The number of anilines is 1. The van der Waals surface area contributed by atoms with E-state index in [4.69, 9.17) is 23.2 Å². The van der Waals surface area contributed by atoms with Gasteiger partial charge in [0.2, 0.25) is 0 Å². The fourth-order valence-electron chi connectivity index (χ4n) is 3.54. The molecule has 1 saturated heterocycles. The summed E-state index contributed by atoms with van der Waals surface area (Å²) in [7, 11) is -3.87. The molecule has 9 heteroatoms. The molecular weight excluding hydrogens is 457 g/mol. The maximum Gasteiger partial charge on any atom is 0.261 e. The van der Waals surface area contributed by atoms with Crippen molar-refractivity contribution in [3.8, 4) is 0 Å². The van der Waals surface area contributed by atoms with E-state index in [0.717, 1.165) is 38.9 Å². The Morgan fingerprint density at radius 2 is 1.84 bits per heavy atom. The van der Waals surface area contributed by atoms with Crippen LogP contribution >= 0.6 is 23.2 Å². The average Bonchev–Trinajstić information content (AvgIpc) is 2.99. The highest BCUT2D eigenvalue weighted by atomic mass is 35.5. The molecular formula is C22H27Cl2N3O3S. The smallest absolute Gasteiger partial charge is 0.261 e. The lowest BCUT2D eigenvalue weighted by Gasteiger charge is -2.22. The number of nitrogens with zero attached hydrogens (tertiary/aromatic N) is 2. The standard InChI is InChI=1S/C22H27Cl2N3O3S/c1-2-3-10-26-11-5-12-27(14-13-26)22(28)17-6-4-7-18(15-17)25-31(29,30)19-8-9-20(23)21(24)16-19/h4,6-9,15-16,25H,2-3,5,10-14H2,1H3. The van der Waals surface area contributed by atoms with Crippen molar-refractivity contribution in [2.24, 2.45) is 0 Å². The fourth-order valence-corrected chi connectivity index (χ4v) is 4.97. The van der Waals surface area contributed by atoms with Crippen molar-refractivity contribution in [2.45, 2.75) is 31.1 Å². The highest BCUT2D eigenvalue weighted by molar-refractivity contribution is 7.92. The highest BCUT2D eigenvalue weighted by Crippen LogP contribution is 2.26. The van der Waals surface area contributed by atoms with E-state index in [1.807, 2.05) is 4.90 Å². The Bertz CT molecular complexity index is 1030. The summed E-state index contributed by atoms with van der Waals surface area (Å²) in [6, 6.07) is 10.7. The van der Waals surface area contributed by atoms with Gasteiger partial charge in [0, 0.05) is 30.9 Å². The minimum Gasteiger partial charge on any atom is -0.337 e. The van der Waals surface area contributed by atoms with Crippen LogP contribution in [-0.4, -0.2) is 56.8 Å². The number of hydrogen-bond acceptors (Lipinski definition) is 4. The summed E-state index contributed by atoms with van der Waals surface area (Å²) >= 11 is 11.8. The van der Waals surface area contributed by atoms with Gasteiger partial charge in [-0.1, -0.05) is 42.6 Å². The molecule has 1 aliphatic rings. The van der Waals surface area contributed by atoms with E-state index >= 15 is 0 Å². The van der Waals surface area contributed by atoms with Crippen molar-refractivity contribution in [2.75, 3.05) is 37.4 Å². The molecule has 0 radical (unpaired) electrons. The first kappa shape index (κ1) is 23.9. The third-order valence-corrected chi connectivity index (χ3v) is 7.38. The third-order valence-electron chi connectivity index (χ3n) is 5.27. The van der Waals surface area contributed by atoms with Crippen molar-refractivity contribution >= 4 is 44.8 Å². The first-order valence-electron chi connectivity index (χ1n) is 10.4. The van der Waals surface area contributed by atoms with E-state index in [2.05, 4.69) is 16.5 Å². The lowest BCUT2D eigenvalue weighted by molar-refractivity contribution is 0.0761. The van der Waals surface area contributed by atoms with Crippen LogP contribution in [0.4, 0.5) is 5.69 Å². The van der Waals surface area contributed by atoms with Gasteiger partial charge in [-0.2, -0.15) is 0 Å². The van der Waals surface area contributed by atoms with Gasteiger partial charge in [0.15, 0.2) is 0 Å². The molecule has 0 aliphatic carbocycles. The van der Waals surface area contributed by atoms with Crippen molar-refractivity contribution in [1.82, 2.24) is 9.80 Å². The second-order valence-electron chi connectivity index (χ2n) is 7.60. The maximum absolute atomic E-state index is 13.0. The first-order chi connectivity index (χ1) is 14.8. The van der Waals surface area contributed by atoms with E-state index in [1.54, 1.807) is 24.3 Å². The summed E-state index contributed by atoms with van der Waals surface area (Å²) in [5.74, 6) is -0.0899. The molecule has 1 amide bonds. The molecule has 0 spiro atoms. The lowest BCUT2D eigenvalue weighted by Crippen LogP contribution is -2.35. The molecule has 3 rings (SSSR count). The van der Waals surface area contributed by atoms with Crippen LogP contribution in [0.1, 0.15) is 36.5 Å². The number of benzene rings is 2. The number of nitrogens with one attached hydrogen (secondary N) is 1. The predicted molar refractivity (Wildman–Crippen MR) is 126 cm³/mol. The van der Waals surface area contributed by atoms with E-state index < -0.39 is 10.0 Å². The van der Waals surface area contributed by atoms with Crippen LogP contribution in [0.5, 0.6) is 0 Å². The number of halogens is 2. The van der Waals surface area contributed by atoms with Crippen molar-refractivity contribution < 1.29 is 13.2 Å². The molecule has 0 aromatic heterocycles. The van der Waals surface area contributed by atoms with Crippen LogP contribution in [0.2, 0.25) is 10.0 Å². The monoisotopic (exact) mass is 483 g/mol. The molecule has 1 N–H and O–H groups in total. The molecule has 0 bridgehead atoms. The lowest BCUT2D eigenvalue weighted by atomic mass is 10.1. The Balaban J connectivity index is 1.71. The number of sulfonamides is 1. The van der Waals surface area contributed by atoms with E-state index in [0.29, 0.717) is 24.3 Å². The molecule has 0 atom stereocenters. The average molecular weight is 484 g/mol. The van der Waals surface area contributed by atoms with Crippen LogP contribution in [0, 0.1) is 0 Å². The number of carbonyl (C=O) groups is 1. The van der Waals surface area contributed by atoms with E-state index in [1.165, 1.54) is 18.2 Å². The molecule has 0 saturated carbocycles. The Labute approximate surface area is 194 Å². The Morgan fingerprint density at radius 1 is 1.03 bits per heavy atom. The minimum atomic E-state index is -3.87. The van der Waals surface area contributed by atoms with Gasteiger partial charge >= 0.3 is 0 Å². The second kappa shape index (κ2) is 10.7. The van der Waals surface area contributed by atoms with Gasteiger partial charge < -0.3 is 9.80 Å². The second-order valence-corrected chi connectivity index (χ2v) is 10.1. The summed E-state index contributed by atoms with van der Waals surface area (Å²) in [5, 5.41) is 0.432. The molecule has 1 fully saturated rings. The van der Waals surface area contributed by atoms with Crippen LogP contribution in [0.15, 0.2) is 47.4 Å². The first-order valence-corrected chi connectivity index (χ1v) is 12.6. The van der Waals surface area contributed by atoms with Gasteiger partial charge in [-0.15, -0.1) is 0 Å². The molecule has 6 nitrogen and oxygen atoms in total. The van der Waals surface area contributed by atoms with E-state index in [9.17, 15) is 13.2 Å². The molecule has 1 heterocycles. The van der Waals surface area contributed by atoms with Crippen molar-refractivity contribution in [1.29, 1.82) is 0 Å². The molecule has 31 heavy (non-hydrogen) atoms. The zero-order valence-corrected chi connectivity index (χ0v) is 19.8. The maximum atomic E-state index is 13.0. The minimum absolute atomic E-state index is 0.00156. The van der Waals surface area contributed by atoms with Gasteiger partial charge in [0.25, 0.3) is 15.9 Å². The topological polar surface area (TPSA) is 69.7 Å². The van der Waals surface area contributed by atoms with Gasteiger partial charge in [-0.25, -0.2) is 8.42 Å². The van der Waals surface area contributed by atoms with Gasteiger partial charge in [-0.3, -0.25) is 9.52 Å². The molecule has 2 aromatic rings. The van der Waals surface area contributed by atoms with Crippen molar-refractivity contribution in [3.05, 3.63) is 58.1 Å². The normalized spacial score (nSPS) is 15.5. The number of carbonyl (C=O) groups excluding carboxylic acids is 1. The Hall–Kier alpha value is -1.80. The molecule has 2 aromatic carbocycles. The Kier molecular flexibility index (Phi) is 8.22. The summed E-state index contributed by atoms with van der Waals surface area (Å²) in [4.78, 5) is 17.3. The number of amides is 1. The number of unbranched alkanes of at least 4 members (excludes halogenated alkanes) is 1. The summed E-state index contributed by atoms with van der Waals surface area (Å²) in [6.07, 6.45) is 3.25. The SMILES string of the molecule is CCCCN1CCCN(C(=O)c2cccc(NS(=O)(=O)c3ccc(Cl)c(Cl)c3)c2)CC1. The van der Waals surface area contributed by atoms with Crippen LogP contribution in [0.25, 0.3) is 0 Å². The largest absolute Gasteiger partial charge is 0.337 e. The number of hydrogen-bond donors (Lipinski definition) is 1. The third kappa shape index (κ3) is 6.35. The molecule has 0 unspecified atom stereocenters. The number of rotatable bonds is 7. The van der Waals surface area contributed by atoms with Gasteiger partial charge in [-0.05, 0) is 62.3 Å². The predicted octanol–water partition coefficient (Wildman–Crippen LogP) is 4.74. The summed E-state index contributed by atoms with van der Waals surface area (Å²) < 4.78 is 27.9. The molecule has 168 valence electrons. The van der Waals surface area contributed by atoms with E-state index in [-0.39, 0.29) is 20.8 Å². The van der Waals surface area contributed by atoms with Crippen LogP contribution < -0.4 is 4.72 Å². The van der Waals surface area contributed by atoms with Crippen molar-refractivity contribution in [3.63, 3.8) is 0 Å². The van der Waals surface area contributed by atoms with Gasteiger partial charge in [0.05, 0.1) is 14.9 Å². The highest BCUT2D eigenvalue weighted by Gasteiger charge is 2.21. The van der Waals surface area contributed by atoms with Crippen LogP contribution in [-0.2, 0) is 10.0 Å². The Morgan fingerprint density at radius 3 is 2.58 bits per heavy atom. The van der Waals surface area contributed by atoms with Gasteiger partial charge in [0.1, 0.15) is 0 Å². The fraction of sp³-hybridized carbons (Fsp3) is 0.409. The molecule has 1 aliphatic heterocycles.